The van der Waals surface area contributed by atoms with Crippen LogP contribution in [-0.4, -0.2) is 34.4 Å². The highest BCUT2D eigenvalue weighted by Gasteiger charge is 2.22. The zero-order valence-electron chi connectivity index (χ0n) is 13.5. The maximum absolute atomic E-state index is 5.59. The SMILES string of the molecule is CCOc1cccc(CN2CCC(c3ccnn3C)CC2)c1. The second-order valence-electron chi connectivity index (χ2n) is 6.01. The predicted molar refractivity (Wildman–Crippen MR) is 88.1 cm³/mol. The molecule has 0 radical (unpaired) electrons. The summed E-state index contributed by atoms with van der Waals surface area (Å²) in [5.41, 5.74) is 2.71. The van der Waals surface area contributed by atoms with Gasteiger partial charge < -0.3 is 4.74 Å². The van der Waals surface area contributed by atoms with E-state index in [4.69, 9.17) is 4.74 Å². The summed E-state index contributed by atoms with van der Waals surface area (Å²) in [4.78, 5) is 2.54. The van der Waals surface area contributed by atoms with Crippen molar-refractivity contribution in [2.45, 2.75) is 32.2 Å². The first-order valence-electron chi connectivity index (χ1n) is 8.18. The molecule has 0 N–H and O–H groups in total. The minimum Gasteiger partial charge on any atom is -0.494 e. The van der Waals surface area contributed by atoms with Gasteiger partial charge in [0.2, 0.25) is 0 Å². The van der Waals surface area contributed by atoms with Crippen LogP contribution >= 0.6 is 0 Å². The van der Waals surface area contributed by atoms with Crippen molar-refractivity contribution in [3.05, 3.63) is 47.8 Å². The third kappa shape index (κ3) is 3.50. The molecule has 0 aliphatic carbocycles. The van der Waals surface area contributed by atoms with E-state index in [9.17, 15) is 0 Å². The van der Waals surface area contributed by atoms with E-state index in [1.807, 2.05) is 30.9 Å². The number of likely N-dealkylation sites (tertiary alicyclic amines) is 1. The summed E-state index contributed by atoms with van der Waals surface area (Å²) in [7, 11) is 2.04. The van der Waals surface area contributed by atoms with Gasteiger partial charge in [0, 0.05) is 31.4 Å². The molecular formula is C18H25N3O. The molecule has 0 spiro atoms. The second-order valence-corrected chi connectivity index (χ2v) is 6.01. The third-order valence-electron chi connectivity index (χ3n) is 4.48. The molecule has 1 aliphatic rings. The lowest BCUT2D eigenvalue weighted by atomic mass is 9.93. The molecule has 2 heterocycles. The summed E-state index contributed by atoms with van der Waals surface area (Å²) >= 11 is 0. The van der Waals surface area contributed by atoms with Crippen LogP contribution in [0, 0.1) is 0 Å². The molecule has 0 saturated carbocycles. The molecular weight excluding hydrogens is 274 g/mol. The van der Waals surface area contributed by atoms with E-state index < -0.39 is 0 Å². The van der Waals surface area contributed by atoms with Crippen LogP contribution in [0.15, 0.2) is 36.5 Å². The molecule has 1 aromatic carbocycles. The first-order chi connectivity index (χ1) is 10.8. The topological polar surface area (TPSA) is 30.3 Å². The average Bonchev–Trinajstić information content (AvgIpc) is 2.95. The monoisotopic (exact) mass is 299 g/mol. The van der Waals surface area contributed by atoms with Crippen molar-refractivity contribution >= 4 is 0 Å². The number of piperidine rings is 1. The first-order valence-corrected chi connectivity index (χ1v) is 8.18. The minimum atomic E-state index is 0.651. The molecule has 0 amide bonds. The summed E-state index contributed by atoms with van der Waals surface area (Å²) in [5, 5.41) is 4.29. The van der Waals surface area contributed by atoms with Gasteiger partial charge in [-0.1, -0.05) is 12.1 Å². The van der Waals surface area contributed by atoms with Crippen molar-refractivity contribution < 1.29 is 4.74 Å². The van der Waals surface area contributed by atoms with Crippen molar-refractivity contribution in [3.8, 4) is 5.75 Å². The smallest absolute Gasteiger partial charge is 0.119 e. The van der Waals surface area contributed by atoms with E-state index in [-0.39, 0.29) is 0 Å². The Morgan fingerprint density at radius 1 is 1.23 bits per heavy atom. The maximum Gasteiger partial charge on any atom is 0.119 e. The van der Waals surface area contributed by atoms with E-state index in [0.717, 1.165) is 32.0 Å². The number of hydrogen-bond acceptors (Lipinski definition) is 3. The van der Waals surface area contributed by atoms with Crippen LogP contribution in [0.3, 0.4) is 0 Å². The van der Waals surface area contributed by atoms with Crippen LogP contribution in [0.4, 0.5) is 0 Å². The number of hydrogen-bond donors (Lipinski definition) is 0. The Morgan fingerprint density at radius 3 is 2.73 bits per heavy atom. The molecule has 4 nitrogen and oxygen atoms in total. The fourth-order valence-electron chi connectivity index (χ4n) is 3.33. The number of benzene rings is 1. The minimum absolute atomic E-state index is 0.651. The van der Waals surface area contributed by atoms with Gasteiger partial charge in [-0.05, 0) is 56.6 Å². The van der Waals surface area contributed by atoms with Gasteiger partial charge in [0.15, 0.2) is 0 Å². The van der Waals surface area contributed by atoms with E-state index in [1.165, 1.54) is 24.1 Å². The van der Waals surface area contributed by atoms with Crippen molar-refractivity contribution in [3.63, 3.8) is 0 Å². The lowest BCUT2D eigenvalue weighted by Gasteiger charge is -2.32. The molecule has 1 aromatic heterocycles. The highest BCUT2D eigenvalue weighted by molar-refractivity contribution is 5.28. The third-order valence-corrected chi connectivity index (χ3v) is 4.48. The number of aromatic nitrogens is 2. The van der Waals surface area contributed by atoms with Gasteiger partial charge in [-0.15, -0.1) is 0 Å². The first kappa shape index (κ1) is 15.1. The largest absolute Gasteiger partial charge is 0.494 e. The normalized spacial score (nSPS) is 16.8. The quantitative estimate of drug-likeness (QED) is 0.849. The molecule has 4 heteroatoms. The number of nitrogens with zero attached hydrogens (tertiary/aromatic N) is 3. The van der Waals surface area contributed by atoms with E-state index in [1.54, 1.807) is 0 Å². The fraction of sp³-hybridized carbons (Fsp3) is 0.500. The highest BCUT2D eigenvalue weighted by atomic mass is 16.5. The van der Waals surface area contributed by atoms with Gasteiger partial charge in [-0.2, -0.15) is 5.10 Å². The Kier molecular flexibility index (Phi) is 4.78. The van der Waals surface area contributed by atoms with Gasteiger partial charge in [-0.3, -0.25) is 9.58 Å². The molecule has 0 bridgehead atoms. The Hall–Kier alpha value is -1.81. The highest BCUT2D eigenvalue weighted by Crippen LogP contribution is 2.28. The van der Waals surface area contributed by atoms with Gasteiger partial charge in [0.1, 0.15) is 5.75 Å². The second kappa shape index (κ2) is 6.97. The Labute approximate surface area is 132 Å². The molecule has 2 aromatic rings. The van der Waals surface area contributed by atoms with Gasteiger partial charge >= 0.3 is 0 Å². The zero-order valence-corrected chi connectivity index (χ0v) is 13.5. The maximum atomic E-state index is 5.59. The Bertz CT molecular complexity index is 600. The molecule has 1 saturated heterocycles. The summed E-state index contributed by atoms with van der Waals surface area (Å²) < 4.78 is 7.61. The molecule has 3 rings (SSSR count). The van der Waals surface area contributed by atoms with Gasteiger partial charge in [0.25, 0.3) is 0 Å². The Morgan fingerprint density at radius 2 is 2.05 bits per heavy atom. The predicted octanol–water partition coefficient (Wildman–Crippen LogP) is 3.20. The van der Waals surface area contributed by atoms with Gasteiger partial charge in [0.05, 0.1) is 6.61 Å². The van der Waals surface area contributed by atoms with Gasteiger partial charge in [-0.25, -0.2) is 0 Å². The summed E-state index contributed by atoms with van der Waals surface area (Å²) in [6.07, 6.45) is 4.33. The molecule has 0 atom stereocenters. The van der Waals surface area contributed by atoms with E-state index in [2.05, 4.69) is 34.3 Å². The van der Waals surface area contributed by atoms with Crippen molar-refractivity contribution in [2.75, 3.05) is 19.7 Å². The van der Waals surface area contributed by atoms with E-state index >= 15 is 0 Å². The molecule has 22 heavy (non-hydrogen) atoms. The van der Waals surface area contributed by atoms with Crippen LogP contribution in [0.25, 0.3) is 0 Å². The lowest BCUT2D eigenvalue weighted by Crippen LogP contribution is -2.33. The van der Waals surface area contributed by atoms with Crippen LogP contribution in [-0.2, 0) is 13.6 Å². The number of aryl methyl sites for hydroxylation is 1. The summed E-state index contributed by atoms with van der Waals surface area (Å²) in [6.45, 7) is 6.05. The number of rotatable bonds is 5. The summed E-state index contributed by atoms with van der Waals surface area (Å²) in [6, 6.07) is 10.6. The Balaban J connectivity index is 1.56. The number of ether oxygens (including phenoxy) is 1. The fourth-order valence-corrected chi connectivity index (χ4v) is 3.33. The van der Waals surface area contributed by atoms with Crippen molar-refractivity contribution in [2.24, 2.45) is 7.05 Å². The molecule has 1 fully saturated rings. The average molecular weight is 299 g/mol. The van der Waals surface area contributed by atoms with Crippen molar-refractivity contribution in [1.29, 1.82) is 0 Å². The molecule has 118 valence electrons. The lowest BCUT2D eigenvalue weighted by molar-refractivity contribution is 0.201. The van der Waals surface area contributed by atoms with Crippen LogP contribution in [0.2, 0.25) is 0 Å². The van der Waals surface area contributed by atoms with Crippen molar-refractivity contribution in [1.82, 2.24) is 14.7 Å². The van der Waals surface area contributed by atoms with Crippen LogP contribution in [0.5, 0.6) is 5.75 Å². The molecule has 1 aliphatic heterocycles. The van der Waals surface area contributed by atoms with Crippen LogP contribution < -0.4 is 4.74 Å². The van der Waals surface area contributed by atoms with Crippen LogP contribution in [0.1, 0.15) is 36.9 Å². The van der Waals surface area contributed by atoms with E-state index in [0.29, 0.717) is 5.92 Å². The molecule has 0 unspecified atom stereocenters. The zero-order chi connectivity index (χ0) is 15.4. The standard InChI is InChI=1S/C18H25N3O/c1-3-22-17-6-4-5-15(13-17)14-21-11-8-16(9-12-21)18-7-10-19-20(18)2/h4-7,10,13,16H,3,8-9,11-12,14H2,1-2H3. The summed E-state index contributed by atoms with van der Waals surface area (Å²) in [5.74, 6) is 1.63.